The summed E-state index contributed by atoms with van der Waals surface area (Å²) in [6.45, 7) is 9.78. The molecule has 0 aromatic heterocycles. The maximum Gasteiger partial charge on any atom is 0.330 e. The summed E-state index contributed by atoms with van der Waals surface area (Å²) in [6, 6.07) is 3.19. The number of allylic oxidation sites excluding steroid dienone is 7. The zero-order valence-electron chi connectivity index (χ0n) is 19.7. The van der Waals surface area contributed by atoms with Gasteiger partial charge in [-0.25, -0.2) is 4.79 Å². The molecule has 0 saturated heterocycles. The van der Waals surface area contributed by atoms with E-state index in [9.17, 15) is 15.0 Å². The Morgan fingerprint density at radius 1 is 0.806 bits per heavy atom. The maximum absolute atomic E-state index is 10.8. The maximum atomic E-state index is 10.8. The van der Waals surface area contributed by atoms with Crippen molar-refractivity contribution in [2.75, 3.05) is 0 Å². The number of aryl methyl sites for hydroxylation is 1. The van der Waals surface area contributed by atoms with Crippen LogP contribution in [-0.2, 0) is 11.2 Å². The molecule has 0 unspecified atom stereocenters. The van der Waals surface area contributed by atoms with Gasteiger partial charge < -0.3 is 15.3 Å². The molecule has 1 rings (SSSR count). The van der Waals surface area contributed by atoms with Crippen molar-refractivity contribution in [3.63, 3.8) is 0 Å². The van der Waals surface area contributed by atoms with Crippen LogP contribution < -0.4 is 0 Å². The van der Waals surface area contributed by atoms with Crippen LogP contribution in [0.3, 0.4) is 0 Å². The van der Waals surface area contributed by atoms with Crippen LogP contribution in [0.2, 0.25) is 0 Å². The molecule has 4 nitrogen and oxygen atoms in total. The van der Waals surface area contributed by atoms with Crippen molar-refractivity contribution in [2.24, 2.45) is 0 Å². The molecule has 0 bridgehead atoms. The molecule has 3 N–H and O–H groups in total. The molecule has 0 aliphatic rings. The number of carboxylic acid groups (broad SMARTS) is 1. The van der Waals surface area contributed by atoms with Crippen LogP contribution in [0.4, 0.5) is 0 Å². The molecule has 31 heavy (non-hydrogen) atoms. The fourth-order valence-electron chi connectivity index (χ4n) is 3.27. The fraction of sp³-hybridized carbons (Fsp3) is 0.444. The summed E-state index contributed by atoms with van der Waals surface area (Å²) in [6.07, 6.45) is 14.7. The minimum absolute atomic E-state index is 0.186. The molecule has 4 heteroatoms. The van der Waals surface area contributed by atoms with Crippen molar-refractivity contribution < 1.29 is 20.1 Å². The van der Waals surface area contributed by atoms with Gasteiger partial charge in [-0.05, 0) is 97.3 Å². The lowest BCUT2D eigenvalue weighted by atomic mass is 10.0. The Bertz CT molecular complexity index is 869. The van der Waals surface area contributed by atoms with Crippen LogP contribution in [0.25, 0.3) is 0 Å². The third kappa shape index (κ3) is 10.7. The summed E-state index contributed by atoms with van der Waals surface area (Å²) in [7, 11) is 0. The standard InChI is InChI=1S/C27H38O4/c1-19(9-6-10-20(2)13-8-14-22(4)27(30)31)11-7-12-21(3)15-16-24-18-25(28)17-23(5)26(24)29/h10-11,14-15,17-18,28-29H,6-9,12-13,16H2,1-5H3,(H,30,31). The van der Waals surface area contributed by atoms with E-state index in [1.165, 1.54) is 16.7 Å². The number of phenolic OH excluding ortho intramolecular Hbond substituents is 2. The molecule has 0 amide bonds. The molecule has 170 valence electrons. The van der Waals surface area contributed by atoms with Crippen molar-refractivity contribution in [3.05, 3.63) is 69.9 Å². The average Bonchev–Trinajstić information content (AvgIpc) is 2.69. The summed E-state index contributed by atoms with van der Waals surface area (Å²) < 4.78 is 0. The normalized spacial score (nSPS) is 13.6. The van der Waals surface area contributed by atoms with Gasteiger partial charge in [0.1, 0.15) is 11.5 Å². The van der Waals surface area contributed by atoms with E-state index in [2.05, 4.69) is 39.0 Å². The molecule has 0 aliphatic carbocycles. The fourth-order valence-corrected chi connectivity index (χ4v) is 3.27. The van der Waals surface area contributed by atoms with Gasteiger partial charge in [-0.15, -0.1) is 0 Å². The summed E-state index contributed by atoms with van der Waals surface area (Å²) in [5, 5.41) is 28.7. The van der Waals surface area contributed by atoms with E-state index >= 15 is 0 Å². The second kappa shape index (κ2) is 13.5. The zero-order chi connectivity index (χ0) is 23.4. The number of phenols is 2. The minimum atomic E-state index is -0.847. The Morgan fingerprint density at radius 3 is 1.81 bits per heavy atom. The van der Waals surface area contributed by atoms with Crippen molar-refractivity contribution in [1.82, 2.24) is 0 Å². The summed E-state index contributed by atoms with van der Waals surface area (Å²) in [4.78, 5) is 10.8. The van der Waals surface area contributed by atoms with E-state index in [0.29, 0.717) is 17.6 Å². The van der Waals surface area contributed by atoms with Crippen LogP contribution in [0, 0.1) is 6.92 Å². The van der Waals surface area contributed by atoms with Crippen LogP contribution in [0.1, 0.15) is 77.3 Å². The SMILES string of the molecule is CC(=CCCC(C)=CCc1cc(O)cc(C)c1O)CCC=C(C)CCC=C(C)C(=O)O. The van der Waals surface area contributed by atoms with Gasteiger partial charge in [-0.3, -0.25) is 0 Å². The number of hydrogen-bond acceptors (Lipinski definition) is 3. The van der Waals surface area contributed by atoms with E-state index in [-0.39, 0.29) is 11.5 Å². The van der Waals surface area contributed by atoms with Crippen LogP contribution >= 0.6 is 0 Å². The molecule has 0 spiro atoms. The Hall–Kier alpha value is -2.75. The van der Waals surface area contributed by atoms with Gasteiger partial charge in [0.2, 0.25) is 0 Å². The Kier molecular flexibility index (Phi) is 11.5. The van der Waals surface area contributed by atoms with E-state index < -0.39 is 5.97 Å². The molecule has 0 aliphatic heterocycles. The summed E-state index contributed by atoms with van der Waals surface area (Å²) >= 11 is 0. The van der Waals surface area contributed by atoms with E-state index in [1.807, 2.05) is 0 Å². The predicted molar refractivity (Wildman–Crippen MR) is 129 cm³/mol. The van der Waals surface area contributed by atoms with Gasteiger partial charge in [0.15, 0.2) is 0 Å². The molecule has 0 saturated carbocycles. The highest BCUT2D eigenvalue weighted by molar-refractivity contribution is 5.85. The lowest BCUT2D eigenvalue weighted by Crippen LogP contribution is -1.95. The average molecular weight is 427 g/mol. The highest BCUT2D eigenvalue weighted by atomic mass is 16.4. The number of benzene rings is 1. The third-order valence-electron chi connectivity index (χ3n) is 5.42. The third-order valence-corrected chi connectivity index (χ3v) is 5.42. The van der Waals surface area contributed by atoms with Crippen molar-refractivity contribution in [1.29, 1.82) is 0 Å². The van der Waals surface area contributed by atoms with Gasteiger partial charge >= 0.3 is 5.97 Å². The Balaban J connectivity index is 2.39. The van der Waals surface area contributed by atoms with Crippen LogP contribution in [-0.4, -0.2) is 21.3 Å². The van der Waals surface area contributed by atoms with E-state index in [1.54, 1.807) is 32.1 Å². The Labute approximate surface area is 187 Å². The molecular weight excluding hydrogens is 388 g/mol. The molecule has 0 atom stereocenters. The number of rotatable bonds is 12. The second-order valence-electron chi connectivity index (χ2n) is 8.43. The van der Waals surface area contributed by atoms with Gasteiger partial charge in [0, 0.05) is 11.1 Å². The lowest BCUT2D eigenvalue weighted by Gasteiger charge is -2.07. The van der Waals surface area contributed by atoms with Gasteiger partial charge in [-0.1, -0.05) is 41.0 Å². The molecule has 1 aromatic carbocycles. The topological polar surface area (TPSA) is 77.8 Å². The van der Waals surface area contributed by atoms with Crippen molar-refractivity contribution in [3.8, 4) is 11.5 Å². The first-order valence-corrected chi connectivity index (χ1v) is 11.0. The largest absolute Gasteiger partial charge is 0.508 e. The zero-order valence-corrected chi connectivity index (χ0v) is 19.7. The van der Waals surface area contributed by atoms with Crippen molar-refractivity contribution >= 4 is 5.97 Å². The van der Waals surface area contributed by atoms with E-state index in [0.717, 1.165) is 44.1 Å². The highest BCUT2D eigenvalue weighted by Crippen LogP contribution is 2.28. The van der Waals surface area contributed by atoms with Gasteiger partial charge in [0.25, 0.3) is 0 Å². The quantitative estimate of drug-likeness (QED) is 0.188. The Morgan fingerprint density at radius 2 is 1.29 bits per heavy atom. The van der Waals surface area contributed by atoms with Crippen molar-refractivity contribution in [2.45, 2.75) is 79.6 Å². The van der Waals surface area contributed by atoms with Crippen LogP contribution in [0.15, 0.2) is 58.7 Å². The predicted octanol–water partition coefficient (Wildman–Crippen LogP) is 7.16. The smallest absolute Gasteiger partial charge is 0.330 e. The molecule has 0 fully saturated rings. The first-order valence-electron chi connectivity index (χ1n) is 11.0. The molecule has 1 aromatic rings. The summed E-state index contributed by atoms with van der Waals surface area (Å²) in [5.74, 6) is -0.403. The van der Waals surface area contributed by atoms with Crippen LogP contribution in [0.5, 0.6) is 11.5 Å². The highest BCUT2D eigenvalue weighted by Gasteiger charge is 2.05. The second-order valence-corrected chi connectivity index (χ2v) is 8.43. The first kappa shape index (κ1) is 26.3. The molecule has 0 heterocycles. The number of carboxylic acids is 1. The molecular formula is C27H38O4. The lowest BCUT2D eigenvalue weighted by molar-refractivity contribution is -0.132. The monoisotopic (exact) mass is 426 g/mol. The van der Waals surface area contributed by atoms with Gasteiger partial charge in [-0.2, -0.15) is 0 Å². The van der Waals surface area contributed by atoms with Gasteiger partial charge in [0.05, 0.1) is 0 Å². The number of aliphatic carboxylic acids is 1. The summed E-state index contributed by atoms with van der Waals surface area (Å²) in [5.41, 5.74) is 5.79. The number of aromatic hydroxyl groups is 2. The minimum Gasteiger partial charge on any atom is -0.508 e. The number of hydrogen-bond donors (Lipinski definition) is 3. The van der Waals surface area contributed by atoms with E-state index in [4.69, 9.17) is 5.11 Å². The molecule has 0 radical (unpaired) electrons. The number of carbonyl (C=O) groups is 1. The first-order chi connectivity index (χ1) is 14.6.